The predicted octanol–water partition coefficient (Wildman–Crippen LogP) is 3.19. The summed E-state index contributed by atoms with van der Waals surface area (Å²) >= 11 is 0. The molecule has 2 heterocycles. The minimum absolute atomic E-state index is 0.102. The summed E-state index contributed by atoms with van der Waals surface area (Å²) in [6, 6.07) is 12.0. The van der Waals surface area contributed by atoms with Gasteiger partial charge in [-0.15, -0.1) is 6.58 Å². The summed E-state index contributed by atoms with van der Waals surface area (Å²) < 4.78 is 11.0. The molecule has 0 amide bonds. The third-order valence-corrected chi connectivity index (χ3v) is 3.54. The quantitative estimate of drug-likeness (QED) is 0.756. The van der Waals surface area contributed by atoms with Crippen molar-refractivity contribution in [2.75, 3.05) is 13.1 Å². The first-order chi connectivity index (χ1) is 9.86. The molecule has 104 valence electrons. The zero-order chi connectivity index (χ0) is 13.8. The molecule has 1 aliphatic rings. The van der Waals surface area contributed by atoms with Crippen molar-refractivity contribution in [3.05, 3.63) is 60.4 Å². The van der Waals surface area contributed by atoms with Gasteiger partial charge in [0, 0.05) is 19.2 Å². The van der Waals surface area contributed by atoms with Crippen molar-refractivity contribution in [3.8, 4) is 5.88 Å². The molecule has 3 rings (SSSR count). The molecule has 1 aromatic heterocycles. The second-order valence-electron chi connectivity index (χ2n) is 4.91. The third kappa shape index (κ3) is 2.75. The van der Waals surface area contributed by atoms with Crippen LogP contribution in [-0.4, -0.2) is 23.1 Å². The summed E-state index contributed by atoms with van der Waals surface area (Å²) in [5.74, 6) is 1.32. The molecule has 0 spiro atoms. The van der Waals surface area contributed by atoms with Gasteiger partial charge in [-0.1, -0.05) is 36.4 Å². The lowest BCUT2D eigenvalue weighted by molar-refractivity contribution is 0.125. The maximum Gasteiger partial charge on any atom is 0.254 e. The fraction of sp³-hybridized carbons (Fsp3) is 0.312. The van der Waals surface area contributed by atoms with E-state index >= 15 is 0 Å². The Kier molecular flexibility index (Phi) is 3.83. The first kappa shape index (κ1) is 12.9. The van der Waals surface area contributed by atoms with Gasteiger partial charge in [-0.3, -0.25) is 4.90 Å². The minimum atomic E-state index is 0.102. The van der Waals surface area contributed by atoms with Gasteiger partial charge in [-0.05, 0) is 17.1 Å². The van der Waals surface area contributed by atoms with Crippen LogP contribution in [0.25, 0.3) is 0 Å². The van der Waals surface area contributed by atoms with Crippen LogP contribution in [0.1, 0.15) is 23.8 Å². The first-order valence-corrected chi connectivity index (χ1v) is 6.87. The molecule has 0 radical (unpaired) electrons. The highest BCUT2D eigenvalue weighted by Gasteiger charge is 2.26. The van der Waals surface area contributed by atoms with E-state index in [1.165, 1.54) is 6.42 Å². The van der Waals surface area contributed by atoms with Crippen LogP contribution >= 0.6 is 0 Å². The smallest absolute Gasteiger partial charge is 0.254 e. The molecular weight excluding hydrogens is 252 g/mol. The van der Waals surface area contributed by atoms with Gasteiger partial charge in [-0.2, -0.15) is 0 Å². The van der Waals surface area contributed by atoms with E-state index in [1.807, 2.05) is 42.5 Å². The topological polar surface area (TPSA) is 38.5 Å². The van der Waals surface area contributed by atoms with E-state index in [0.29, 0.717) is 12.5 Å². The summed E-state index contributed by atoms with van der Waals surface area (Å²) in [4.78, 5) is 2.30. The highest BCUT2D eigenvalue weighted by Crippen LogP contribution is 2.28. The number of benzene rings is 1. The van der Waals surface area contributed by atoms with Gasteiger partial charge in [0.05, 0.1) is 6.04 Å². The van der Waals surface area contributed by atoms with E-state index in [1.54, 1.807) is 0 Å². The Hall–Kier alpha value is -2.07. The Bertz CT molecular complexity index is 561. The molecule has 0 unspecified atom stereocenters. The fourth-order valence-corrected chi connectivity index (χ4v) is 2.28. The summed E-state index contributed by atoms with van der Waals surface area (Å²) in [5, 5.41) is 3.97. The van der Waals surface area contributed by atoms with Crippen LogP contribution in [0, 0.1) is 0 Å². The van der Waals surface area contributed by atoms with E-state index in [0.717, 1.165) is 24.4 Å². The monoisotopic (exact) mass is 270 g/mol. The predicted molar refractivity (Wildman–Crippen MR) is 76.4 cm³/mol. The van der Waals surface area contributed by atoms with E-state index in [-0.39, 0.29) is 6.04 Å². The first-order valence-electron chi connectivity index (χ1n) is 6.87. The van der Waals surface area contributed by atoms with Crippen molar-refractivity contribution in [2.24, 2.45) is 0 Å². The van der Waals surface area contributed by atoms with Gasteiger partial charge in [0.2, 0.25) is 0 Å². The fourth-order valence-electron chi connectivity index (χ4n) is 2.28. The Labute approximate surface area is 118 Å². The molecule has 4 heteroatoms. The van der Waals surface area contributed by atoms with Crippen molar-refractivity contribution < 1.29 is 9.26 Å². The molecule has 0 saturated carbocycles. The molecule has 2 aromatic rings. The van der Waals surface area contributed by atoms with Gasteiger partial charge in [0.15, 0.2) is 5.76 Å². The third-order valence-electron chi connectivity index (χ3n) is 3.54. The molecule has 0 N–H and O–H groups in total. The summed E-state index contributed by atoms with van der Waals surface area (Å²) in [5.41, 5.74) is 1.11. The lowest BCUT2D eigenvalue weighted by Crippen LogP contribution is -2.39. The molecule has 4 nitrogen and oxygen atoms in total. The average Bonchev–Trinajstić information content (AvgIpc) is 2.90. The number of rotatable bonds is 6. The van der Waals surface area contributed by atoms with Crippen LogP contribution < -0.4 is 4.74 Å². The zero-order valence-corrected chi connectivity index (χ0v) is 11.4. The van der Waals surface area contributed by atoms with Crippen LogP contribution in [0.15, 0.2) is 53.6 Å². The number of likely N-dealkylation sites (tertiary alicyclic amines) is 1. The molecule has 20 heavy (non-hydrogen) atoms. The van der Waals surface area contributed by atoms with Crippen LogP contribution in [0.4, 0.5) is 0 Å². The number of nitrogens with zero attached hydrogens (tertiary/aromatic N) is 2. The second-order valence-corrected chi connectivity index (χ2v) is 4.91. The average molecular weight is 270 g/mol. The Morgan fingerprint density at radius 2 is 2.15 bits per heavy atom. The SMILES string of the molecule is C=C[C@@H](c1cc(OCc2ccccc2)no1)N1CCC1. The standard InChI is InChI=1S/C16H18N2O2/c1-2-14(18-9-6-10-18)15-11-16(17-20-15)19-12-13-7-4-3-5-8-13/h2-5,7-8,11,14H,1,6,9-10,12H2/t14-/m0/s1. The van der Waals surface area contributed by atoms with Crippen molar-refractivity contribution >= 4 is 0 Å². The lowest BCUT2D eigenvalue weighted by Gasteiger charge is -2.35. The van der Waals surface area contributed by atoms with Gasteiger partial charge in [0.1, 0.15) is 6.61 Å². The maximum absolute atomic E-state index is 5.64. The van der Waals surface area contributed by atoms with Crippen molar-refractivity contribution in [1.82, 2.24) is 10.1 Å². The highest BCUT2D eigenvalue weighted by molar-refractivity contribution is 5.19. The van der Waals surface area contributed by atoms with E-state index in [9.17, 15) is 0 Å². The lowest BCUT2D eigenvalue weighted by atomic mass is 10.1. The molecule has 0 bridgehead atoms. The number of ether oxygens (including phenoxy) is 1. The molecule has 0 aliphatic carbocycles. The van der Waals surface area contributed by atoms with Gasteiger partial charge >= 0.3 is 0 Å². The zero-order valence-electron chi connectivity index (χ0n) is 11.4. The number of hydrogen-bond donors (Lipinski definition) is 0. The summed E-state index contributed by atoms with van der Waals surface area (Å²) in [7, 11) is 0. The van der Waals surface area contributed by atoms with Crippen molar-refractivity contribution in [2.45, 2.75) is 19.1 Å². The van der Waals surface area contributed by atoms with Crippen LogP contribution in [0.5, 0.6) is 5.88 Å². The minimum Gasteiger partial charge on any atom is -0.471 e. The van der Waals surface area contributed by atoms with E-state index < -0.39 is 0 Å². The molecule has 1 saturated heterocycles. The number of hydrogen-bond acceptors (Lipinski definition) is 4. The molecular formula is C16H18N2O2. The van der Waals surface area contributed by atoms with Crippen molar-refractivity contribution in [1.29, 1.82) is 0 Å². The maximum atomic E-state index is 5.64. The largest absolute Gasteiger partial charge is 0.471 e. The molecule has 1 aromatic carbocycles. The summed E-state index contributed by atoms with van der Waals surface area (Å²) in [6.07, 6.45) is 3.12. The molecule has 1 fully saturated rings. The van der Waals surface area contributed by atoms with Crippen LogP contribution in [-0.2, 0) is 6.61 Å². The van der Waals surface area contributed by atoms with Crippen LogP contribution in [0.3, 0.4) is 0 Å². The van der Waals surface area contributed by atoms with Gasteiger partial charge in [0.25, 0.3) is 5.88 Å². The van der Waals surface area contributed by atoms with Crippen molar-refractivity contribution in [3.63, 3.8) is 0 Å². The normalized spacial score (nSPS) is 16.4. The number of aromatic nitrogens is 1. The van der Waals surface area contributed by atoms with Gasteiger partial charge < -0.3 is 9.26 Å². The highest BCUT2D eigenvalue weighted by atomic mass is 16.5. The molecule has 1 aliphatic heterocycles. The molecule has 1 atom stereocenters. The van der Waals surface area contributed by atoms with Gasteiger partial charge in [-0.25, -0.2) is 0 Å². The van der Waals surface area contributed by atoms with Crippen LogP contribution in [0.2, 0.25) is 0 Å². The second kappa shape index (κ2) is 5.92. The Balaban J connectivity index is 1.62. The Morgan fingerprint density at radius 1 is 1.35 bits per heavy atom. The summed E-state index contributed by atoms with van der Waals surface area (Å²) in [6.45, 7) is 6.53. The Morgan fingerprint density at radius 3 is 2.80 bits per heavy atom. The van der Waals surface area contributed by atoms with E-state index in [4.69, 9.17) is 9.26 Å². The van der Waals surface area contributed by atoms with E-state index in [2.05, 4.69) is 16.6 Å².